The van der Waals surface area contributed by atoms with Crippen molar-refractivity contribution in [3.05, 3.63) is 95.7 Å². The van der Waals surface area contributed by atoms with Gasteiger partial charge in [0.15, 0.2) is 0 Å². The van der Waals surface area contributed by atoms with E-state index in [1.54, 1.807) is 24.5 Å². The number of nitrogens with zero attached hydrogens (tertiary/aromatic N) is 3. The van der Waals surface area contributed by atoms with Crippen molar-refractivity contribution in [2.24, 2.45) is 0 Å². The van der Waals surface area contributed by atoms with Gasteiger partial charge in [-0.1, -0.05) is 36.4 Å². The molecular formula is C25H22FN3O2. The number of carbonyl (C=O) groups excluding carboxylic acids is 1. The zero-order chi connectivity index (χ0) is 21.2. The molecule has 1 fully saturated rings. The van der Waals surface area contributed by atoms with Crippen LogP contribution in [-0.4, -0.2) is 27.3 Å². The highest BCUT2D eigenvalue weighted by atomic mass is 19.1. The van der Waals surface area contributed by atoms with E-state index < -0.39 is 0 Å². The first kappa shape index (κ1) is 19.4. The zero-order valence-corrected chi connectivity index (χ0v) is 17.0. The molecule has 6 heteroatoms. The number of fused-ring (bicyclic) bond motifs is 1. The van der Waals surface area contributed by atoms with Crippen LogP contribution in [0.1, 0.15) is 53.0 Å². The number of aromatic nitrogens is 2. The van der Waals surface area contributed by atoms with Gasteiger partial charge in [-0.3, -0.25) is 9.78 Å². The molecule has 5 nitrogen and oxygen atoms in total. The molecule has 1 amide bonds. The Morgan fingerprint density at radius 1 is 1.06 bits per heavy atom. The summed E-state index contributed by atoms with van der Waals surface area (Å²) < 4.78 is 19.2. The lowest BCUT2D eigenvalue weighted by atomic mass is 10.0. The summed E-state index contributed by atoms with van der Waals surface area (Å²) in [5, 5.41) is 1.84. The van der Waals surface area contributed by atoms with E-state index in [9.17, 15) is 9.18 Å². The predicted molar refractivity (Wildman–Crippen MR) is 115 cm³/mol. The van der Waals surface area contributed by atoms with Crippen molar-refractivity contribution in [2.75, 3.05) is 6.54 Å². The summed E-state index contributed by atoms with van der Waals surface area (Å²) in [6, 6.07) is 15.8. The molecule has 0 aliphatic carbocycles. The summed E-state index contributed by atoms with van der Waals surface area (Å²) in [6.45, 7) is 0.643. The second-order valence-corrected chi connectivity index (χ2v) is 7.86. The molecule has 0 spiro atoms. The van der Waals surface area contributed by atoms with Gasteiger partial charge in [-0.15, -0.1) is 0 Å². The summed E-state index contributed by atoms with van der Waals surface area (Å²) in [5.74, 6) is 0.883. The van der Waals surface area contributed by atoms with Crippen molar-refractivity contribution in [3.63, 3.8) is 0 Å². The number of halogens is 1. The molecule has 0 saturated carbocycles. The molecule has 1 saturated heterocycles. The minimum absolute atomic E-state index is 0.0974. The Morgan fingerprint density at radius 2 is 1.90 bits per heavy atom. The molecule has 31 heavy (non-hydrogen) atoms. The number of amides is 1. The molecule has 2 aromatic heterocycles. The molecule has 1 atom stereocenters. The minimum atomic E-state index is -0.264. The fourth-order valence-corrected chi connectivity index (χ4v) is 4.22. The topological polar surface area (TPSA) is 59.2 Å². The van der Waals surface area contributed by atoms with E-state index in [0.717, 1.165) is 35.6 Å². The first-order valence-electron chi connectivity index (χ1n) is 10.5. The minimum Gasteiger partial charge on any atom is -0.443 e. The highest BCUT2D eigenvalue weighted by Crippen LogP contribution is 2.33. The maximum atomic E-state index is 13.5. The Kier molecular flexibility index (Phi) is 5.20. The standard InChI is InChI=1S/C25H22FN3O2/c26-19-10-8-17(9-11-19)15-20-16-28-24(31-20)22-7-3-4-14-29(22)25(30)23-21-6-2-1-5-18(21)12-13-27-23/h1-2,5-6,8-13,16,22H,3-4,7,14-15H2/t22-/m0/s1. The van der Waals surface area contributed by atoms with Crippen LogP contribution in [0.15, 0.2) is 71.4 Å². The highest BCUT2D eigenvalue weighted by molar-refractivity contribution is 6.05. The van der Waals surface area contributed by atoms with Crippen molar-refractivity contribution in [3.8, 4) is 0 Å². The zero-order valence-electron chi connectivity index (χ0n) is 17.0. The van der Waals surface area contributed by atoms with E-state index >= 15 is 0 Å². The van der Waals surface area contributed by atoms with Crippen molar-refractivity contribution < 1.29 is 13.6 Å². The quantitative estimate of drug-likeness (QED) is 0.453. The van der Waals surface area contributed by atoms with Crippen molar-refractivity contribution in [1.29, 1.82) is 0 Å². The Labute approximate surface area is 179 Å². The summed E-state index contributed by atoms with van der Waals surface area (Å²) in [7, 11) is 0. The molecule has 0 radical (unpaired) electrons. The van der Waals surface area contributed by atoms with Crippen LogP contribution in [0.5, 0.6) is 0 Å². The van der Waals surface area contributed by atoms with Gasteiger partial charge in [0.2, 0.25) is 5.89 Å². The van der Waals surface area contributed by atoms with E-state index in [1.807, 2.05) is 35.2 Å². The number of rotatable bonds is 4. The Hall–Kier alpha value is -3.54. The molecule has 0 bridgehead atoms. The lowest BCUT2D eigenvalue weighted by molar-refractivity contribution is 0.0566. The van der Waals surface area contributed by atoms with Crippen LogP contribution in [0.3, 0.4) is 0 Å². The van der Waals surface area contributed by atoms with Crippen molar-refractivity contribution in [1.82, 2.24) is 14.9 Å². The lowest BCUT2D eigenvalue weighted by Gasteiger charge is -2.33. The third kappa shape index (κ3) is 3.93. The number of hydrogen-bond acceptors (Lipinski definition) is 4. The summed E-state index contributed by atoms with van der Waals surface area (Å²) in [6.07, 6.45) is 6.65. The van der Waals surface area contributed by atoms with Crippen LogP contribution < -0.4 is 0 Å². The maximum absolute atomic E-state index is 13.5. The fraction of sp³-hybridized carbons (Fsp3) is 0.240. The second-order valence-electron chi connectivity index (χ2n) is 7.86. The predicted octanol–water partition coefficient (Wildman–Crippen LogP) is 5.32. The maximum Gasteiger partial charge on any atom is 0.273 e. The summed E-state index contributed by atoms with van der Waals surface area (Å²) >= 11 is 0. The van der Waals surface area contributed by atoms with E-state index in [0.29, 0.717) is 30.3 Å². The molecule has 3 heterocycles. The Bertz CT molecular complexity index is 1210. The molecule has 156 valence electrons. The Balaban J connectivity index is 1.41. The molecule has 1 aliphatic heterocycles. The highest BCUT2D eigenvalue weighted by Gasteiger charge is 2.33. The van der Waals surface area contributed by atoms with Crippen LogP contribution in [0.2, 0.25) is 0 Å². The van der Waals surface area contributed by atoms with Gasteiger partial charge >= 0.3 is 0 Å². The Morgan fingerprint density at radius 3 is 2.77 bits per heavy atom. The van der Waals surface area contributed by atoms with E-state index in [1.165, 1.54) is 12.1 Å². The van der Waals surface area contributed by atoms with Crippen LogP contribution >= 0.6 is 0 Å². The summed E-state index contributed by atoms with van der Waals surface area (Å²) in [5.41, 5.74) is 1.41. The number of carbonyl (C=O) groups is 1. The first-order valence-corrected chi connectivity index (χ1v) is 10.5. The molecule has 2 aromatic carbocycles. The number of hydrogen-bond donors (Lipinski definition) is 0. The SMILES string of the molecule is O=C(c1nccc2ccccc12)N1CCCC[C@H]1c1ncc(Cc2ccc(F)cc2)o1. The van der Waals surface area contributed by atoms with Crippen LogP contribution in [0.4, 0.5) is 4.39 Å². The molecule has 5 rings (SSSR count). The van der Waals surface area contributed by atoms with Crippen molar-refractivity contribution in [2.45, 2.75) is 31.7 Å². The fourth-order valence-electron chi connectivity index (χ4n) is 4.22. The third-order valence-corrected chi connectivity index (χ3v) is 5.79. The molecule has 0 unspecified atom stereocenters. The largest absolute Gasteiger partial charge is 0.443 e. The van der Waals surface area contributed by atoms with E-state index in [4.69, 9.17) is 4.42 Å². The molecule has 4 aromatic rings. The van der Waals surface area contributed by atoms with Gasteiger partial charge in [0.05, 0.1) is 6.20 Å². The number of pyridine rings is 1. The van der Waals surface area contributed by atoms with Crippen LogP contribution in [0, 0.1) is 5.82 Å². The van der Waals surface area contributed by atoms with Gasteiger partial charge in [0.1, 0.15) is 23.3 Å². The first-order chi connectivity index (χ1) is 15.2. The lowest BCUT2D eigenvalue weighted by Crippen LogP contribution is -2.39. The number of likely N-dealkylation sites (tertiary alicyclic amines) is 1. The van der Waals surface area contributed by atoms with E-state index in [2.05, 4.69) is 9.97 Å². The summed E-state index contributed by atoms with van der Waals surface area (Å²) in [4.78, 5) is 24.2. The average Bonchev–Trinajstić information content (AvgIpc) is 3.28. The van der Waals surface area contributed by atoms with Gasteiger partial charge < -0.3 is 9.32 Å². The number of benzene rings is 2. The van der Waals surface area contributed by atoms with Gasteiger partial charge in [-0.2, -0.15) is 0 Å². The second kappa shape index (κ2) is 8.30. The van der Waals surface area contributed by atoms with Gasteiger partial charge in [0.25, 0.3) is 5.91 Å². The molecule has 0 N–H and O–H groups in total. The number of oxazole rings is 1. The number of piperidine rings is 1. The van der Waals surface area contributed by atoms with Crippen LogP contribution in [0.25, 0.3) is 10.8 Å². The van der Waals surface area contributed by atoms with Gasteiger partial charge in [-0.25, -0.2) is 9.37 Å². The molecule has 1 aliphatic rings. The average molecular weight is 415 g/mol. The monoisotopic (exact) mass is 415 g/mol. The van der Waals surface area contributed by atoms with Gasteiger partial charge in [0, 0.05) is 24.5 Å². The van der Waals surface area contributed by atoms with Gasteiger partial charge in [-0.05, 0) is 48.4 Å². The smallest absolute Gasteiger partial charge is 0.273 e. The van der Waals surface area contributed by atoms with Crippen LogP contribution in [-0.2, 0) is 6.42 Å². The molecular weight excluding hydrogens is 393 g/mol. The third-order valence-electron chi connectivity index (χ3n) is 5.79. The van der Waals surface area contributed by atoms with Crippen molar-refractivity contribution >= 4 is 16.7 Å². The normalized spacial score (nSPS) is 16.5. The van der Waals surface area contributed by atoms with E-state index in [-0.39, 0.29) is 17.8 Å².